The van der Waals surface area contributed by atoms with Crippen molar-refractivity contribution >= 4 is 33.2 Å². The van der Waals surface area contributed by atoms with Crippen LogP contribution in [0.2, 0.25) is 5.02 Å². The number of pyridine rings is 1. The largest absolute Gasteiger partial charge is 0.480 e. The highest BCUT2D eigenvalue weighted by atomic mass is 35.5. The normalized spacial score (nSPS) is 10.8. The van der Waals surface area contributed by atoms with Gasteiger partial charge < -0.3 is 4.74 Å². The smallest absolute Gasteiger partial charge is 0.223 e. The number of thiazole rings is 1. The zero-order valence-electron chi connectivity index (χ0n) is 9.55. The summed E-state index contributed by atoms with van der Waals surface area (Å²) in [4.78, 5) is 8.75. The quantitative estimate of drug-likeness (QED) is 0.709. The number of fused-ring (bicyclic) bond motifs is 1. The van der Waals surface area contributed by atoms with Crippen molar-refractivity contribution in [3.63, 3.8) is 0 Å². The number of halogens is 1. The molecule has 0 radical (unpaired) electrons. The Balaban J connectivity index is 2.19. The molecule has 0 aliphatic carbocycles. The third-order valence-electron chi connectivity index (χ3n) is 2.55. The van der Waals surface area contributed by atoms with E-state index in [4.69, 9.17) is 16.3 Å². The maximum absolute atomic E-state index is 5.97. The molecule has 3 nitrogen and oxygen atoms in total. The fraction of sp³-hybridized carbons (Fsp3) is 0.0769. The molecule has 0 atom stereocenters. The monoisotopic (exact) mass is 276 g/mol. The van der Waals surface area contributed by atoms with Crippen molar-refractivity contribution in [2.24, 2.45) is 0 Å². The molecule has 0 saturated heterocycles. The van der Waals surface area contributed by atoms with E-state index in [2.05, 4.69) is 9.97 Å². The van der Waals surface area contributed by atoms with Gasteiger partial charge in [0.15, 0.2) is 0 Å². The Hall–Kier alpha value is -1.65. The predicted octanol–water partition coefficient (Wildman–Crippen LogP) is 4.02. The molecule has 0 aliphatic rings. The second-order valence-electron chi connectivity index (χ2n) is 3.69. The van der Waals surface area contributed by atoms with Gasteiger partial charge in [-0.25, -0.2) is 9.97 Å². The summed E-state index contributed by atoms with van der Waals surface area (Å²) in [6.07, 6.45) is 1.70. The van der Waals surface area contributed by atoms with Gasteiger partial charge in [-0.05, 0) is 30.3 Å². The van der Waals surface area contributed by atoms with Crippen LogP contribution in [0.15, 0.2) is 36.5 Å². The molecule has 3 rings (SSSR count). The van der Waals surface area contributed by atoms with Crippen molar-refractivity contribution in [2.45, 2.75) is 0 Å². The summed E-state index contributed by atoms with van der Waals surface area (Å²) in [6, 6.07) is 9.50. The van der Waals surface area contributed by atoms with Crippen LogP contribution in [0.25, 0.3) is 20.8 Å². The number of ether oxygens (including phenoxy) is 1. The fourth-order valence-corrected chi connectivity index (χ4v) is 2.99. The van der Waals surface area contributed by atoms with Gasteiger partial charge in [0, 0.05) is 11.2 Å². The van der Waals surface area contributed by atoms with Gasteiger partial charge in [-0.15, -0.1) is 11.3 Å². The van der Waals surface area contributed by atoms with E-state index in [1.165, 1.54) is 0 Å². The van der Waals surface area contributed by atoms with Gasteiger partial charge in [0.25, 0.3) is 0 Å². The SMILES string of the molecule is COc1ncccc1-c1nc2ccc(Cl)cc2s1. The molecule has 1 aromatic carbocycles. The third-order valence-corrected chi connectivity index (χ3v) is 3.83. The van der Waals surface area contributed by atoms with Crippen LogP contribution < -0.4 is 4.74 Å². The summed E-state index contributed by atoms with van der Waals surface area (Å²) in [5, 5.41) is 1.60. The lowest BCUT2D eigenvalue weighted by atomic mass is 10.3. The van der Waals surface area contributed by atoms with E-state index in [9.17, 15) is 0 Å². The minimum atomic E-state index is 0.586. The first-order chi connectivity index (χ1) is 8.78. The van der Waals surface area contributed by atoms with Crippen LogP contribution in [0.5, 0.6) is 5.88 Å². The molecular weight excluding hydrogens is 268 g/mol. The van der Waals surface area contributed by atoms with E-state index in [1.807, 2.05) is 30.3 Å². The molecule has 0 aliphatic heterocycles. The van der Waals surface area contributed by atoms with E-state index in [-0.39, 0.29) is 0 Å². The molecular formula is C13H9ClN2OS. The molecule has 0 unspecified atom stereocenters. The highest BCUT2D eigenvalue weighted by Crippen LogP contribution is 2.35. The molecule has 0 bridgehead atoms. The van der Waals surface area contributed by atoms with Crippen molar-refractivity contribution in [3.05, 3.63) is 41.6 Å². The lowest BCUT2D eigenvalue weighted by Gasteiger charge is -2.02. The van der Waals surface area contributed by atoms with Crippen molar-refractivity contribution < 1.29 is 4.74 Å². The van der Waals surface area contributed by atoms with Crippen molar-refractivity contribution in [2.75, 3.05) is 7.11 Å². The Morgan fingerprint density at radius 1 is 1.28 bits per heavy atom. The average molecular weight is 277 g/mol. The second kappa shape index (κ2) is 4.55. The van der Waals surface area contributed by atoms with E-state index in [1.54, 1.807) is 24.6 Å². The molecule has 90 valence electrons. The first-order valence-corrected chi connectivity index (χ1v) is 6.53. The summed E-state index contributed by atoms with van der Waals surface area (Å²) >= 11 is 7.55. The lowest BCUT2D eigenvalue weighted by Crippen LogP contribution is -1.89. The molecule has 0 N–H and O–H groups in total. The Morgan fingerprint density at radius 2 is 2.17 bits per heavy atom. The van der Waals surface area contributed by atoms with Crippen LogP contribution >= 0.6 is 22.9 Å². The van der Waals surface area contributed by atoms with Crippen molar-refractivity contribution in [1.82, 2.24) is 9.97 Å². The van der Waals surface area contributed by atoms with Crippen LogP contribution in [-0.4, -0.2) is 17.1 Å². The summed E-state index contributed by atoms with van der Waals surface area (Å²) < 4.78 is 6.31. The Kier molecular flexibility index (Phi) is 2.89. The highest BCUT2D eigenvalue weighted by Gasteiger charge is 2.11. The van der Waals surface area contributed by atoms with Gasteiger partial charge >= 0.3 is 0 Å². The molecule has 2 heterocycles. The van der Waals surface area contributed by atoms with Crippen LogP contribution in [-0.2, 0) is 0 Å². The minimum Gasteiger partial charge on any atom is -0.480 e. The first kappa shape index (κ1) is 11.4. The van der Waals surface area contributed by atoms with Crippen LogP contribution in [0.4, 0.5) is 0 Å². The Labute approximate surface area is 113 Å². The zero-order valence-corrected chi connectivity index (χ0v) is 11.1. The number of nitrogens with zero attached hydrogens (tertiary/aromatic N) is 2. The maximum Gasteiger partial charge on any atom is 0.223 e. The molecule has 0 fully saturated rings. The first-order valence-electron chi connectivity index (χ1n) is 5.33. The standard InChI is InChI=1S/C13H9ClN2OS/c1-17-12-9(3-2-6-15-12)13-16-10-5-4-8(14)7-11(10)18-13/h2-7H,1H3. The van der Waals surface area contributed by atoms with Crippen LogP contribution in [0.1, 0.15) is 0 Å². The maximum atomic E-state index is 5.97. The second-order valence-corrected chi connectivity index (χ2v) is 5.16. The van der Waals surface area contributed by atoms with Crippen LogP contribution in [0, 0.1) is 0 Å². The number of hydrogen-bond donors (Lipinski definition) is 0. The summed E-state index contributed by atoms with van der Waals surface area (Å²) in [5.74, 6) is 0.586. The predicted molar refractivity (Wildman–Crippen MR) is 74.4 cm³/mol. The number of benzene rings is 1. The third kappa shape index (κ3) is 1.94. The molecule has 0 amide bonds. The number of aromatic nitrogens is 2. The Morgan fingerprint density at radius 3 is 3.00 bits per heavy atom. The van der Waals surface area contributed by atoms with Crippen LogP contribution in [0.3, 0.4) is 0 Å². The van der Waals surface area contributed by atoms with Gasteiger partial charge in [-0.1, -0.05) is 11.6 Å². The molecule has 2 aromatic heterocycles. The van der Waals surface area contributed by atoms with Gasteiger partial charge in [-0.3, -0.25) is 0 Å². The average Bonchev–Trinajstić information content (AvgIpc) is 2.81. The lowest BCUT2D eigenvalue weighted by molar-refractivity contribution is 0.399. The summed E-state index contributed by atoms with van der Waals surface area (Å²) in [6.45, 7) is 0. The molecule has 0 spiro atoms. The van der Waals surface area contributed by atoms with Gasteiger partial charge in [0.05, 0.1) is 22.9 Å². The fourth-order valence-electron chi connectivity index (χ4n) is 1.73. The molecule has 18 heavy (non-hydrogen) atoms. The molecule has 3 aromatic rings. The Bertz CT molecular complexity index is 711. The summed E-state index contributed by atoms with van der Waals surface area (Å²) in [5.41, 5.74) is 1.84. The van der Waals surface area contributed by atoms with Crippen molar-refractivity contribution in [1.29, 1.82) is 0 Å². The number of hydrogen-bond acceptors (Lipinski definition) is 4. The van der Waals surface area contributed by atoms with Gasteiger partial charge in [0.1, 0.15) is 5.01 Å². The van der Waals surface area contributed by atoms with E-state index in [0.717, 1.165) is 25.8 Å². The highest BCUT2D eigenvalue weighted by molar-refractivity contribution is 7.21. The minimum absolute atomic E-state index is 0.586. The topological polar surface area (TPSA) is 35.0 Å². The van der Waals surface area contributed by atoms with E-state index >= 15 is 0 Å². The van der Waals surface area contributed by atoms with E-state index < -0.39 is 0 Å². The van der Waals surface area contributed by atoms with Crippen molar-refractivity contribution in [3.8, 4) is 16.5 Å². The van der Waals surface area contributed by atoms with E-state index in [0.29, 0.717) is 5.88 Å². The zero-order chi connectivity index (χ0) is 12.5. The number of rotatable bonds is 2. The van der Waals surface area contributed by atoms with Gasteiger partial charge in [-0.2, -0.15) is 0 Å². The number of methoxy groups -OCH3 is 1. The van der Waals surface area contributed by atoms with Gasteiger partial charge in [0.2, 0.25) is 5.88 Å². The summed E-state index contributed by atoms with van der Waals surface area (Å²) in [7, 11) is 1.61. The molecule has 0 saturated carbocycles. The molecule has 5 heteroatoms.